The second-order valence-corrected chi connectivity index (χ2v) is 13.1. The molecule has 0 saturated heterocycles. The van der Waals surface area contributed by atoms with Crippen LogP contribution in [0.4, 0.5) is 0 Å². The van der Waals surface area contributed by atoms with E-state index in [4.69, 9.17) is 15.1 Å². The summed E-state index contributed by atoms with van der Waals surface area (Å²) in [5.41, 5.74) is 8.17. The van der Waals surface area contributed by atoms with E-state index in [0.717, 1.165) is 44.3 Å². The van der Waals surface area contributed by atoms with E-state index in [2.05, 4.69) is 21.9 Å². The maximum absolute atomic E-state index is 13.0. The molecular formula is C38H41N5O9. The predicted octanol–water partition coefficient (Wildman–Crippen LogP) is 5.49. The minimum atomic E-state index is -1.65. The Morgan fingerprint density at radius 1 is 0.904 bits per heavy atom. The fraction of sp³-hybridized carbons (Fsp3) is 0.342. The van der Waals surface area contributed by atoms with Gasteiger partial charge in [-0.15, -0.1) is 0 Å². The summed E-state index contributed by atoms with van der Waals surface area (Å²) in [6.45, 7) is 13.5. The van der Waals surface area contributed by atoms with Gasteiger partial charge in [0.2, 0.25) is 5.91 Å². The SMILES string of the molecule is C=Cc1c(C)c2cc3nc(c(CC(=O)O)c4nc(cc5[nH]c(cc1[nH]2)c(C)c5CC)C(C)=C4C(=O)O)[C@@H](CCC(=O)N[C@@H](CC(=O)O)C(=O)O)[C@@H]3C. The van der Waals surface area contributed by atoms with E-state index < -0.39 is 60.5 Å². The molecule has 7 N–H and O–H groups in total. The zero-order chi connectivity index (χ0) is 38.2. The number of aromatic amines is 2. The summed E-state index contributed by atoms with van der Waals surface area (Å²) in [6.07, 6.45) is 0.787. The number of amides is 1. The van der Waals surface area contributed by atoms with E-state index in [9.17, 15) is 39.3 Å². The van der Waals surface area contributed by atoms with E-state index in [1.54, 1.807) is 19.1 Å². The van der Waals surface area contributed by atoms with Crippen LogP contribution in [0.3, 0.4) is 0 Å². The first kappa shape index (κ1) is 37.2. The Bertz CT molecular complexity index is 2240. The number of allylic oxidation sites excluding steroid dienone is 1. The Labute approximate surface area is 298 Å². The van der Waals surface area contributed by atoms with Crippen molar-refractivity contribution in [2.24, 2.45) is 0 Å². The van der Waals surface area contributed by atoms with Crippen molar-refractivity contribution in [2.45, 2.75) is 84.6 Å². The standard InChI is InChI=1S/C38H41N5O9/c1-7-20-16(3)24-12-26-18(5)22(9-10-31(44)41-30(37(49)50)15-33(47)48)35(42-26)23(11-32(45)46)36-34(38(51)52)19(6)27(43-36)14-29-21(8-2)17(4)25(40-29)13-28(20)39-24/h7,12-14,18,22,30,39-40H,1,8-11,15H2,2-6H3,(H,41,44)(H,45,46)(H,47,48)(H,49,50)(H,51,52)/t18-,22-,30-/m0/s1. The predicted molar refractivity (Wildman–Crippen MR) is 194 cm³/mol. The molecule has 0 aliphatic carbocycles. The summed E-state index contributed by atoms with van der Waals surface area (Å²) in [5.74, 6) is -7.21. The Morgan fingerprint density at radius 3 is 2.17 bits per heavy atom. The molecule has 14 nitrogen and oxygen atoms in total. The van der Waals surface area contributed by atoms with Gasteiger partial charge >= 0.3 is 23.9 Å². The van der Waals surface area contributed by atoms with Crippen LogP contribution in [0.1, 0.15) is 102 Å². The normalized spacial score (nSPS) is 16.0. The molecule has 0 aromatic carbocycles. The fourth-order valence-electron chi connectivity index (χ4n) is 7.17. The second-order valence-electron chi connectivity index (χ2n) is 13.1. The molecule has 8 bridgehead atoms. The molecule has 3 atom stereocenters. The summed E-state index contributed by atoms with van der Waals surface area (Å²) in [4.78, 5) is 77.8. The van der Waals surface area contributed by atoms with Crippen LogP contribution in [0.15, 0.2) is 24.8 Å². The molecule has 0 radical (unpaired) electrons. The minimum absolute atomic E-state index is 0.0415. The topological polar surface area (TPSA) is 236 Å². The van der Waals surface area contributed by atoms with Gasteiger partial charge in [-0.2, -0.15) is 0 Å². The molecule has 272 valence electrons. The van der Waals surface area contributed by atoms with E-state index >= 15 is 0 Å². The van der Waals surface area contributed by atoms with Crippen molar-refractivity contribution in [3.63, 3.8) is 0 Å². The molecule has 0 saturated carbocycles. The van der Waals surface area contributed by atoms with Crippen LogP contribution >= 0.6 is 0 Å². The lowest BCUT2D eigenvalue weighted by molar-refractivity contribution is -0.147. The molecule has 14 heteroatoms. The lowest BCUT2D eigenvalue weighted by Crippen LogP contribution is -2.42. The van der Waals surface area contributed by atoms with Crippen molar-refractivity contribution in [3.8, 4) is 0 Å². The Kier molecular flexibility index (Phi) is 10.5. The summed E-state index contributed by atoms with van der Waals surface area (Å²) < 4.78 is 0. The number of carboxylic acids is 4. The number of rotatable bonds is 12. The molecule has 0 unspecified atom stereocenters. The average Bonchev–Trinajstić information content (AvgIpc) is 3.74. The van der Waals surface area contributed by atoms with Crippen LogP contribution in [-0.2, 0) is 36.8 Å². The number of aromatic nitrogens is 4. The van der Waals surface area contributed by atoms with Crippen molar-refractivity contribution >= 4 is 69.1 Å². The van der Waals surface area contributed by atoms with Crippen molar-refractivity contribution in [3.05, 3.63) is 75.4 Å². The average molecular weight is 712 g/mol. The summed E-state index contributed by atoms with van der Waals surface area (Å²) >= 11 is 0. The first-order chi connectivity index (χ1) is 24.6. The summed E-state index contributed by atoms with van der Waals surface area (Å²) in [5, 5.41) is 41.4. The molecule has 2 aliphatic heterocycles. The molecule has 2 aliphatic rings. The number of carboxylic acid groups (broad SMARTS) is 4. The van der Waals surface area contributed by atoms with Crippen molar-refractivity contribution in [1.82, 2.24) is 25.3 Å². The Hall–Kier alpha value is -6.05. The first-order valence-corrected chi connectivity index (χ1v) is 16.8. The van der Waals surface area contributed by atoms with Crippen molar-refractivity contribution in [2.75, 3.05) is 0 Å². The second kappa shape index (κ2) is 14.7. The molecule has 5 rings (SSSR count). The zero-order valence-corrected chi connectivity index (χ0v) is 29.5. The number of H-pyrrole nitrogens is 2. The number of hydrogen-bond acceptors (Lipinski definition) is 7. The lowest BCUT2D eigenvalue weighted by Gasteiger charge is -2.19. The molecule has 0 fully saturated rings. The molecule has 52 heavy (non-hydrogen) atoms. The number of aryl methyl sites for hydroxylation is 3. The van der Waals surface area contributed by atoms with Gasteiger partial charge in [-0.25, -0.2) is 14.6 Å². The number of carbonyl (C=O) groups excluding carboxylic acids is 1. The van der Waals surface area contributed by atoms with Crippen LogP contribution in [0.25, 0.3) is 39.3 Å². The third-order valence-electron chi connectivity index (χ3n) is 9.97. The lowest BCUT2D eigenvalue weighted by atomic mass is 9.84. The number of nitrogens with one attached hydrogen (secondary N) is 3. The molecule has 0 spiro atoms. The number of nitrogens with zero attached hydrogens (tertiary/aromatic N) is 2. The van der Waals surface area contributed by atoms with E-state index in [0.29, 0.717) is 23.4 Å². The van der Waals surface area contributed by atoms with Crippen molar-refractivity contribution < 1.29 is 44.4 Å². The highest BCUT2D eigenvalue weighted by molar-refractivity contribution is 6.24. The van der Waals surface area contributed by atoms with Gasteiger partial charge in [0.15, 0.2) is 0 Å². The van der Waals surface area contributed by atoms with Gasteiger partial charge in [0.1, 0.15) is 6.04 Å². The quantitative estimate of drug-likeness (QED) is 0.124. The van der Waals surface area contributed by atoms with Gasteiger partial charge in [0, 0.05) is 57.1 Å². The fourth-order valence-corrected chi connectivity index (χ4v) is 7.17. The molecule has 5 heterocycles. The van der Waals surface area contributed by atoms with Gasteiger partial charge in [-0.3, -0.25) is 19.4 Å². The van der Waals surface area contributed by atoms with Gasteiger partial charge in [0.05, 0.1) is 35.5 Å². The smallest absolute Gasteiger partial charge is 0.338 e. The monoisotopic (exact) mass is 711 g/mol. The number of carbonyl (C=O) groups is 5. The molecule has 3 aromatic rings. The maximum Gasteiger partial charge on any atom is 0.338 e. The molecule has 1 amide bonds. The largest absolute Gasteiger partial charge is 0.481 e. The van der Waals surface area contributed by atoms with Crippen LogP contribution in [0.5, 0.6) is 0 Å². The first-order valence-electron chi connectivity index (χ1n) is 16.8. The Balaban J connectivity index is 1.84. The van der Waals surface area contributed by atoms with Crippen LogP contribution in [0.2, 0.25) is 0 Å². The highest BCUT2D eigenvalue weighted by Gasteiger charge is 2.36. The maximum atomic E-state index is 13.0. The highest BCUT2D eigenvalue weighted by atomic mass is 16.4. The summed E-state index contributed by atoms with van der Waals surface area (Å²) in [7, 11) is 0. The van der Waals surface area contributed by atoms with Gasteiger partial charge < -0.3 is 35.7 Å². The third kappa shape index (κ3) is 7.09. The summed E-state index contributed by atoms with van der Waals surface area (Å²) in [6, 6.07) is 3.95. The van der Waals surface area contributed by atoms with Gasteiger partial charge in [0.25, 0.3) is 0 Å². The van der Waals surface area contributed by atoms with E-state index in [1.165, 1.54) is 0 Å². The third-order valence-corrected chi connectivity index (χ3v) is 9.97. The van der Waals surface area contributed by atoms with Gasteiger partial charge in [-0.05, 0) is 74.1 Å². The zero-order valence-electron chi connectivity index (χ0n) is 29.5. The van der Waals surface area contributed by atoms with Crippen molar-refractivity contribution in [1.29, 1.82) is 0 Å². The minimum Gasteiger partial charge on any atom is -0.481 e. The Morgan fingerprint density at radius 2 is 1.58 bits per heavy atom. The van der Waals surface area contributed by atoms with Crippen LogP contribution < -0.4 is 5.32 Å². The molecular weight excluding hydrogens is 670 g/mol. The van der Waals surface area contributed by atoms with E-state index in [1.807, 2.05) is 39.8 Å². The number of hydrogen-bond donors (Lipinski definition) is 7. The number of fused-ring (bicyclic) bond motifs is 8. The highest BCUT2D eigenvalue weighted by Crippen LogP contribution is 2.43. The number of aliphatic carboxylic acids is 4. The van der Waals surface area contributed by atoms with Crippen LogP contribution in [0, 0.1) is 13.8 Å². The van der Waals surface area contributed by atoms with E-state index in [-0.39, 0.29) is 35.4 Å². The molecule has 3 aromatic heterocycles. The van der Waals surface area contributed by atoms with Crippen LogP contribution in [-0.4, -0.2) is 76.2 Å². The van der Waals surface area contributed by atoms with Gasteiger partial charge in [-0.1, -0.05) is 26.5 Å².